The highest BCUT2D eigenvalue weighted by molar-refractivity contribution is 5.89. The summed E-state index contributed by atoms with van der Waals surface area (Å²) >= 11 is 0. The number of carbonyl (C=O) groups is 2. The maximum atomic E-state index is 12.1. The molecule has 0 aromatic heterocycles. The Kier molecular flexibility index (Phi) is 5.85. The zero-order valence-corrected chi connectivity index (χ0v) is 11.2. The molecule has 1 rings (SSSR count). The van der Waals surface area contributed by atoms with Crippen LogP contribution in [0.5, 0.6) is 0 Å². The third-order valence-electron chi connectivity index (χ3n) is 2.82. The zero-order chi connectivity index (χ0) is 13.5. The summed E-state index contributed by atoms with van der Waals surface area (Å²) in [4.78, 5) is 25.2. The van der Waals surface area contributed by atoms with E-state index in [9.17, 15) is 9.59 Å². The second-order valence-corrected chi connectivity index (χ2v) is 4.61. The fraction of sp³-hybridized carbons (Fsp3) is 0.692. The van der Waals surface area contributed by atoms with Gasteiger partial charge in [0.1, 0.15) is 6.04 Å². The minimum Gasteiger partial charge on any atom is -0.375 e. The summed E-state index contributed by atoms with van der Waals surface area (Å²) in [6, 6.07) is -0.388. The number of hydrogen-bond acceptors (Lipinski definition) is 3. The molecule has 1 aliphatic rings. The smallest absolute Gasteiger partial charge is 0.245 e. The molecule has 5 nitrogen and oxygen atoms in total. The molecule has 0 aliphatic carbocycles. The Morgan fingerprint density at radius 2 is 2.28 bits per heavy atom. The van der Waals surface area contributed by atoms with Crippen LogP contribution in [0.25, 0.3) is 0 Å². The molecule has 0 radical (unpaired) electrons. The van der Waals surface area contributed by atoms with Gasteiger partial charge in [-0.1, -0.05) is 19.1 Å². The topological polar surface area (TPSA) is 58.6 Å². The molecular formula is C13H22N2O3. The van der Waals surface area contributed by atoms with Crippen LogP contribution in [0.15, 0.2) is 12.2 Å². The van der Waals surface area contributed by atoms with Crippen molar-refractivity contribution in [3.05, 3.63) is 12.2 Å². The predicted molar refractivity (Wildman–Crippen MR) is 69.1 cm³/mol. The Morgan fingerprint density at radius 3 is 2.89 bits per heavy atom. The summed E-state index contributed by atoms with van der Waals surface area (Å²) in [7, 11) is 0. The van der Waals surface area contributed by atoms with E-state index in [2.05, 4.69) is 11.9 Å². The monoisotopic (exact) mass is 254 g/mol. The normalized spacial score (nSPS) is 20.6. The largest absolute Gasteiger partial charge is 0.375 e. The van der Waals surface area contributed by atoms with E-state index in [0.29, 0.717) is 39.1 Å². The van der Waals surface area contributed by atoms with E-state index >= 15 is 0 Å². The van der Waals surface area contributed by atoms with Crippen LogP contribution in [0.3, 0.4) is 0 Å². The van der Waals surface area contributed by atoms with Crippen molar-refractivity contribution in [3.63, 3.8) is 0 Å². The van der Waals surface area contributed by atoms with Crippen molar-refractivity contribution in [1.29, 1.82) is 0 Å². The van der Waals surface area contributed by atoms with E-state index in [1.165, 1.54) is 0 Å². The van der Waals surface area contributed by atoms with Crippen molar-refractivity contribution >= 4 is 11.8 Å². The molecule has 0 aromatic rings. The van der Waals surface area contributed by atoms with Crippen molar-refractivity contribution in [1.82, 2.24) is 10.2 Å². The Bertz CT molecular complexity index is 328. The summed E-state index contributed by atoms with van der Waals surface area (Å²) < 4.78 is 5.38. The Balaban J connectivity index is 2.45. The van der Waals surface area contributed by atoms with Gasteiger partial charge in [-0.3, -0.25) is 9.59 Å². The molecule has 1 atom stereocenters. The van der Waals surface area contributed by atoms with Crippen LogP contribution < -0.4 is 5.32 Å². The maximum Gasteiger partial charge on any atom is 0.245 e. The SMILES string of the molecule is C=C(C)COCCN1CCC(=O)NC(CC)C1=O. The van der Waals surface area contributed by atoms with Crippen LogP contribution in [0.4, 0.5) is 0 Å². The van der Waals surface area contributed by atoms with E-state index in [1.54, 1.807) is 4.90 Å². The molecule has 2 amide bonds. The highest BCUT2D eigenvalue weighted by Gasteiger charge is 2.27. The van der Waals surface area contributed by atoms with Crippen LogP contribution in [0.1, 0.15) is 26.7 Å². The summed E-state index contributed by atoms with van der Waals surface area (Å²) in [5.74, 6) is -0.0668. The second kappa shape index (κ2) is 7.16. The zero-order valence-electron chi connectivity index (χ0n) is 11.2. The predicted octanol–water partition coefficient (Wildman–Crippen LogP) is 0.706. The first-order chi connectivity index (χ1) is 8.54. The summed E-state index contributed by atoms with van der Waals surface area (Å²) in [6.07, 6.45) is 0.983. The third-order valence-corrected chi connectivity index (χ3v) is 2.82. The first-order valence-corrected chi connectivity index (χ1v) is 6.35. The number of carbonyl (C=O) groups excluding carboxylic acids is 2. The first kappa shape index (κ1) is 14.7. The van der Waals surface area contributed by atoms with Crippen molar-refractivity contribution < 1.29 is 14.3 Å². The minimum atomic E-state index is -0.388. The average Bonchev–Trinajstić information content (AvgIpc) is 2.46. The van der Waals surface area contributed by atoms with Crippen molar-refractivity contribution in [2.45, 2.75) is 32.7 Å². The van der Waals surface area contributed by atoms with Gasteiger partial charge in [0.15, 0.2) is 0 Å². The molecule has 1 saturated heterocycles. The molecule has 0 saturated carbocycles. The Morgan fingerprint density at radius 1 is 1.56 bits per heavy atom. The molecule has 102 valence electrons. The van der Waals surface area contributed by atoms with E-state index in [1.807, 2.05) is 13.8 Å². The molecule has 18 heavy (non-hydrogen) atoms. The van der Waals surface area contributed by atoms with Crippen molar-refractivity contribution in [2.24, 2.45) is 0 Å². The van der Waals surface area contributed by atoms with Gasteiger partial charge < -0.3 is 15.0 Å². The lowest BCUT2D eigenvalue weighted by atomic mass is 10.2. The van der Waals surface area contributed by atoms with Crippen LogP contribution in [-0.2, 0) is 14.3 Å². The highest BCUT2D eigenvalue weighted by atomic mass is 16.5. The van der Waals surface area contributed by atoms with Crippen LogP contribution >= 0.6 is 0 Å². The van der Waals surface area contributed by atoms with E-state index < -0.39 is 0 Å². The van der Waals surface area contributed by atoms with E-state index in [0.717, 1.165) is 5.57 Å². The number of nitrogens with zero attached hydrogens (tertiary/aromatic N) is 1. The van der Waals surface area contributed by atoms with Crippen LogP contribution in [0.2, 0.25) is 0 Å². The second-order valence-electron chi connectivity index (χ2n) is 4.61. The molecule has 0 aromatic carbocycles. The molecule has 1 heterocycles. The minimum absolute atomic E-state index is 0.0118. The number of rotatable bonds is 6. The lowest BCUT2D eigenvalue weighted by Gasteiger charge is -2.23. The van der Waals surface area contributed by atoms with Crippen molar-refractivity contribution in [2.75, 3.05) is 26.3 Å². The lowest BCUT2D eigenvalue weighted by Crippen LogP contribution is -2.45. The molecule has 5 heteroatoms. The Labute approximate surface area is 108 Å². The van der Waals surface area contributed by atoms with E-state index in [-0.39, 0.29) is 17.9 Å². The standard InChI is InChI=1S/C13H22N2O3/c1-4-11-13(17)15(6-5-12(16)14-11)7-8-18-9-10(2)3/h11H,2,4-9H2,1,3H3,(H,14,16). The quantitative estimate of drug-likeness (QED) is 0.561. The molecule has 1 aliphatic heterocycles. The number of amides is 2. The third kappa shape index (κ3) is 4.49. The van der Waals surface area contributed by atoms with Gasteiger partial charge in [0, 0.05) is 19.5 Å². The maximum absolute atomic E-state index is 12.1. The average molecular weight is 254 g/mol. The van der Waals surface area contributed by atoms with Crippen molar-refractivity contribution in [3.8, 4) is 0 Å². The van der Waals surface area contributed by atoms with Gasteiger partial charge in [-0.2, -0.15) is 0 Å². The first-order valence-electron chi connectivity index (χ1n) is 6.35. The van der Waals surface area contributed by atoms with Gasteiger partial charge in [-0.05, 0) is 13.3 Å². The highest BCUT2D eigenvalue weighted by Crippen LogP contribution is 2.06. The fourth-order valence-electron chi connectivity index (χ4n) is 1.82. The van der Waals surface area contributed by atoms with Gasteiger partial charge in [0.2, 0.25) is 11.8 Å². The van der Waals surface area contributed by atoms with Gasteiger partial charge in [-0.25, -0.2) is 0 Å². The van der Waals surface area contributed by atoms with E-state index in [4.69, 9.17) is 4.74 Å². The van der Waals surface area contributed by atoms with Gasteiger partial charge >= 0.3 is 0 Å². The van der Waals surface area contributed by atoms with Crippen LogP contribution in [0, 0.1) is 0 Å². The molecule has 1 fully saturated rings. The number of ether oxygens (including phenoxy) is 1. The Hall–Kier alpha value is -1.36. The molecule has 0 bridgehead atoms. The summed E-state index contributed by atoms with van der Waals surface area (Å²) in [6.45, 7) is 9.51. The molecule has 1 unspecified atom stereocenters. The number of nitrogens with one attached hydrogen (secondary N) is 1. The molecule has 1 N–H and O–H groups in total. The van der Waals surface area contributed by atoms with Crippen LogP contribution in [-0.4, -0.2) is 49.1 Å². The fourth-order valence-corrected chi connectivity index (χ4v) is 1.82. The van der Waals surface area contributed by atoms with Gasteiger partial charge in [0.05, 0.1) is 13.2 Å². The van der Waals surface area contributed by atoms with Gasteiger partial charge in [-0.15, -0.1) is 0 Å². The summed E-state index contributed by atoms with van der Waals surface area (Å²) in [5, 5.41) is 2.73. The molecule has 0 spiro atoms. The van der Waals surface area contributed by atoms with Gasteiger partial charge in [0.25, 0.3) is 0 Å². The summed E-state index contributed by atoms with van der Waals surface area (Å²) in [5.41, 5.74) is 0.959. The lowest BCUT2D eigenvalue weighted by molar-refractivity contribution is -0.134. The number of hydrogen-bond donors (Lipinski definition) is 1. The molecular weight excluding hydrogens is 232 g/mol.